The number of carbonyl (C=O) groups is 1. The molecule has 0 N–H and O–H groups in total. The first-order valence-electron chi connectivity index (χ1n) is 6.68. The molecule has 1 aromatic rings. The molecule has 4 heteroatoms. The number of ether oxygens (including phenoxy) is 2. The van der Waals surface area contributed by atoms with Crippen LogP contribution in [-0.2, 0) is 20.7 Å². The van der Waals surface area contributed by atoms with E-state index in [1.54, 1.807) is 0 Å². The van der Waals surface area contributed by atoms with E-state index in [4.69, 9.17) is 9.47 Å². The second kappa shape index (κ2) is 6.68. The lowest BCUT2D eigenvalue weighted by molar-refractivity contribution is -0.166. The first-order valence-corrected chi connectivity index (χ1v) is 6.68. The van der Waals surface area contributed by atoms with E-state index in [1.165, 1.54) is 12.7 Å². The largest absolute Gasteiger partial charge is 0.467 e. The molecule has 1 aliphatic rings. The zero-order valence-corrected chi connectivity index (χ0v) is 11.5. The smallest absolute Gasteiger partial charge is 0.336 e. The summed E-state index contributed by atoms with van der Waals surface area (Å²) in [7, 11) is 1.40. The molecule has 0 amide bonds. The van der Waals surface area contributed by atoms with E-state index in [-0.39, 0.29) is 12.1 Å². The molecule has 2 rings (SSSR count). The van der Waals surface area contributed by atoms with Crippen molar-refractivity contribution in [3.05, 3.63) is 35.9 Å². The number of morpholine rings is 1. The van der Waals surface area contributed by atoms with Gasteiger partial charge in [0.25, 0.3) is 0 Å². The van der Waals surface area contributed by atoms with Crippen molar-refractivity contribution in [1.29, 1.82) is 0 Å². The molecule has 0 radical (unpaired) electrons. The van der Waals surface area contributed by atoms with Gasteiger partial charge in [0.15, 0.2) is 6.10 Å². The van der Waals surface area contributed by atoms with E-state index in [0.717, 1.165) is 19.5 Å². The highest BCUT2D eigenvalue weighted by molar-refractivity contribution is 5.74. The third-order valence-electron chi connectivity index (χ3n) is 3.36. The second-order valence-electron chi connectivity index (χ2n) is 4.95. The first-order chi connectivity index (χ1) is 9.19. The van der Waals surface area contributed by atoms with Gasteiger partial charge in [-0.05, 0) is 18.9 Å². The minimum absolute atomic E-state index is 0.0635. The molecule has 104 valence electrons. The molecule has 1 fully saturated rings. The number of hydrogen-bond acceptors (Lipinski definition) is 4. The Hall–Kier alpha value is -1.39. The van der Waals surface area contributed by atoms with Gasteiger partial charge in [0.05, 0.1) is 13.2 Å². The van der Waals surface area contributed by atoms with Crippen molar-refractivity contribution in [2.24, 2.45) is 0 Å². The molecular formula is C15H21NO3. The molecule has 1 saturated heterocycles. The zero-order valence-electron chi connectivity index (χ0n) is 11.5. The van der Waals surface area contributed by atoms with Gasteiger partial charge in [0.2, 0.25) is 0 Å². The van der Waals surface area contributed by atoms with Crippen LogP contribution in [0.2, 0.25) is 0 Å². The highest BCUT2D eigenvalue weighted by Gasteiger charge is 2.30. The van der Waals surface area contributed by atoms with Crippen LogP contribution in [0.5, 0.6) is 0 Å². The molecule has 1 aromatic carbocycles. The van der Waals surface area contributed by atoms with Crippen LogP contribution in [-0.4, -0.2) is 49.8 Å². The van der Waals surface area contributed by atoms with Gasteiger partial charge in [0.1, 0.15) is 0 Å². The average Bonchev–Trinajstić information content (AvgIpc) is 2.45. The van der Waals surface area contributed by atoms with Crippen molar-refractivity contribution in [3.63, 3.8) is 0 Å². The third kappa shape index (κ3) is 4.04. The van der Waals surface area contributed by atoms with E-state index in [2.05, 4.69) is 29.2 Å². The molecule has 0 aliphatic carbocycles. The van der Waals surface area contributed by atoms with Crippen LogP contribution in [0.15, 0.2) is 30.3 Å². The Morgan fingerprint density at radius 2 is 2.11 bits per heavy atom. The lowest BCUT2D eigenvalue weighted by atomic mass is 10.1. The van der Waals surface area contributed by atoms with Gasteiger partial charge in [-0.2, -0.15) is 0 Å². The fraction of sp³-hybridized carbons (Fsp3) is 0.533. The molecule has 1 heterocycles. The summed E-state index contributed by atoms with van der Waals surface area (Å²) < 4.78 is 10.4. The summed E-state index contributed by atoms with van der Waals surface area (Å²) in [4.78, 5) is 13.8. The van der Waals surface area contributed by atoms with Gasteiger partial charge in [0, 0.05) is 19.6 Å². The van der Waals surface area contributed by atoms with Crippen LogP contribution in [0, 0.1) is 0 Å². The highest BCUT2D eigenvalue weighted by Crippen LogP contribution is 2.13. The predicted octanol–water partition coefficient (Wildman–Crippen LogP) is 1.49. The number of benzene rings is 1. The van der Waals surface area contributed by atoms with Gasteiger partial charge in [-0.1, -0.05) is 30.3 Å². The lowest BCUT2D eigenvalue weighted by Crippen LogP contribution is -2.50. The van der Waals surface area contributed by atoms with Crippen LogP contribution in [0.1, 0.15) is 12.5 Å². The van der Waals surface area contributed by atoms with Crippen LogP contribution < -0.4 is 0 Å². The van der Waals surface area contributed by atoms with Gasteiger partial charge < -0.3 is 9.47 Å². The summed E-state index contributed by atoms with van der Waals surface area (Å²) in [6.45, 7) is 4.40. The number of hydrogen-bond donors (Lipinski definition) is 0. The molecule has 1 unspecified atom stereocenters. The monoisotopic (exact) mass is 263 g/mol. The molecule has 2 atom stereocenters. The molecule has 4 nitrogen and oxygen atoms in total. The molecule has 19 heavy (non-hydrogen) atoms. The summed E-state index contributed by atoms with van der Waals surface area (Å²) in [6.07, 6.45) is 0.597. The number of nitrogens with zero attached hydrogens (tertiary/aromatic N) is 1. The van der Waals surface area contributed by atoms with Gasteiger partial charge in [-0.3, -0.25) is 4.90 Å². The van der Waals surface area contributed by atoms with Crippen LogP contribution in [0.25, 0.3) is 0 Å². The van der Waals surface area contributed by atoms with Gasteiger partial charge in [-0.15, -0.1) is 0 Å². The van der Waals surface area contributed by atoms with Crippen molar-refractivity contribution in [1.82, 2.24) is 4.90 Å². The highest BCUT2D eigenvalue weighted by atomic mass is 16.6. The van der Waals surface area contributed by atoms with E-state index < -0.39 is 6.10 Å². The van der Waals surface area contributed by atoms with Crippen molar-refractivity contribution in [2.45, 2.75) is 25.6 Å². The molecule has 0 bridgehead atoms. The number of carbonyl (C=O) groups excluding carboxylic acids is 1. The normalized spacial score (nSPS) is 24.1. The fourth-order valence-corrected chi connectivity index (χ4v) is 2.42. The van der Waals surface area contributed by atoms with E-state index in [0.29, 0.717) is 6.54 Å². The predicted molar refractivity (Wildman–Crippen MR) is 72.9 cm³/mol. The number of esters is 1. The van der Waals surface area contributed by atoms with Crippen molar-refractivity contribution in [3.8, 4) is 0 Å². The minimum atomic E-state index is -0.454. The summed E-state index contributed by atoms with van der Waals surface area (Å²) >= 11 is 0. The maximum Gasteiger partial charge on any atom is 0.336 e. The standard InChI is InChI=1S/C15H21NO3/c1-12-10-16(11-14(19-12)15(17)18-2)9-8-13-6-4-3-5-7-13/h3-7,12,14H,8-11H2,1-2H3/t12-,14?/m1/s1. The topological polar surface area (TPSA) is 38.8 Å². The summed E-state index contributed by atoms with van der Waals surface area (Å²) in [5, 5.41) is 0. The zero-order chi connectivity index (χ0) is 13.7. The van der Waals surface area contributed by atoms with E-state index in [1.807, 2.05) is 13.0 Å². The van der Waals surface area contributed by atoms with E-state index >= 15 is 0 Å². The minimum Gasteiger partial charge on any atom is -0.467 e. The lowest BCUT2D eigenvalue weighted by Gasteiger charge is -2.35. The van der Waals surface area contributed by atoms with Crippen molar-refractivity contribution in [2.75, 3.05) is 26.7 Å². The Balaban J connectivity index is 1.87. The van der Waals surface area contributed by atoms with Crippen molar-refractivity contribution >= 4 is 5.97 Å². The van der Waals surface area contributed by atoms with Gasteiger partial charge in [-0.25, -0.2) is 4.79 Å². The second-order valence-corrected chi connectivity index (χ2v) is 4.95. The van der Waals surface area contributed by atoms with Gasteiger partial charge >= 0.3 is 5.97 Å². The fourth-order valence-electron chi connectivity index (χ4n) is 2.42. The van der Waals surface area contributed by atoms with Crippen LogP contribution in [0.4, 0.5) is 0 Å². The van der Waals surface area contributed by atoms with Crippen molar-refractivity contribution < 1.29 is 14.3 Å². The summed E-state index contributed by atoms with van der Waals surface area (Å²) in [5.74, 6) is -0.281. The Bertz CT molecular complexity index is 407. The molecule has 0 saturated carbocycles. The Morgan fingerprint density at radius 3 is 2.79 bits per heavy atom. The quantitative estimate of drug-likeness (QED) is 0.772. The maximum absolute atomic E-state index is 11.6. The molecular weight excluding hydrogens is 242 g/mol. The SMILES string of the molecule is COC(=O)C1CN(CCc2ccccc2)C[C@@H](C)O1. The Kier molecular flexibility index (Phi) is 4.93. The summed E-state index contributed by atoms with van der Waals surface area (Å²) in [6, 6.07) is 10.4. The van der Waals surface area contributed by atoms with E-state index in [9.17, 15) is 4.79 Å². The maximum atomic E-state index is 11.6. The third-order valence-corrected chi connectivity index (χ3v) is 3.36. The molecule has 0 aromatic heterocycles. The summed E-state index contributed by atoms with van der Waals surface area (Å²) in [5.41, 5.74) is 1.32. The Morgan fingerprint density at radius 1 is 1.37 bits per heavy atom. The molecule has 0 spiro atoms. The first kappa shape index (κ1) is 14.0. The van der Waals surface area contributed by atoms with Crippen LogP contribution >= 0.6 is 0 Å². The molecule has 1 aliphatic heterocycles. The average molecular weight is 263 g/mol. The number of rotatable bonds is 4. The van der Waals surface area contributed by atoms with Crippen LogP contribution in [0.3, 0.4) is 0 Å². The number of methoxy groups -OCH3 is 1. The Labute approximate surface area is 114 Å².